The molecule has 17 heavy (non-hydrogen) atoms. The average molecular weight is 234 g/mol. The number of hydrogen-bond acceptors (Lipinski definition) is 3. The molecule has 0 fully saturated rings. The molecular weight excluding hydrogens is 220 g/mol. The smallest absolute Gasteiger partial charge is 0.330 e. The maximum atomic E-state index is 12.0. The van der Waals surface area contributed by atoms with Gasteiger partial charge in [-0.05, 0) is 25.3 Å². The fraction of sp³-hybridized carbons (Fsp3) is 0.500. The van der Waals surface area contributed by atoms with Gasteiger partial charge in [0.1, 0.15) is 5.76 Å². The zero-order valence-corrected chi connectivity index (χ0v) is 9.90. The zero-order chi connectivity index (χ0) is 12.2. The molecule has 0 bridgehead atoms. The van der Waals surface area contributed by atoms with E-state index in [4.69, 9.17) is 4.74 Å². The molecule has 90 valence electrons. The van der Waals surface area contributed by atoms with E-state index in [0.717, 1.165) is 35.3 Å². The van der Waals surface area contributed by atoms with Gasteiger partial charge >= 0.3 is 5.69 Å². The highest BCUT2D eigenvalue weighted by molar-refractivity contribution is 5.41. The molecule has 1 atom stereocenters. The average Bonchev–Trinajstić information content (AvgIpc) is 2.73. The standard InChI is InChI=1S/C12H14N2O3/c1-13-9-7-5-3-4-6-8(7)17-10(9)11(15)14(2)12(13)16/h6-7H,3-5H2,1-2H3. The van der Waals surface area contributed by atoms with E-state index < -0.39 is 0 Å². The predicted octanol–water partition coefficient (Wildman–Crippen LogP) is 0.628. The number of aromatic nitrogens is 2. The lowest BCUT2D eigenvalue weighted by Gasteiger charge is -2.16. The summed E-state index contributed by atoms with van der Waals surface area (Å²) < 4.78 is 8.26. The van der Waals surface area contributed by atoms with E-state index >= 15 is 0 Å². The molecule has 1 aliphatic carbocycles. The number of allylic oxidation sites excluding steroid dienone is 2. The Morgan fingerprint density at radius 1 is 1.29 bits per heavy atom. The lowest BCUT2D eigenvalue weighted by molar-refractivity contribution is 0.398. The minimum Gasteiger partial charge on any atom is -0.454 e. The molecule has 0 aromatic carbocycles. The van der Waals surface area contributed by atoms with Crippen molar-refractivity contribution in [3.63, 3.8) is 0 Å². The van der Waals surface area contributed by atoms with E-state index in [9.17, 15) is 9.59 Å². The van der Waals surface area contributed by atoms with Crippen LogP contribution in [0, 0.1) is 0 Å². The van der Waals surface area contributed by atoms with Crippen molar-refractivity contribution in [3.8, 4) is 5.75 Å². The first kappa shape index (κ1) is 10.4. The van der Waals surface area contributed by atoms with Crippen LogP contribution in [0.3, 0.4) is 0 Å². The van der Waals surface area contributed by atoms with Crippen LogP contribution >= 0.6 is 0 Å². The van der Waals surface area contributed by atoms with Crippen LogP contribution in [0.5, 0.6) is 5.75 Å². The third-order valence-corrected chi connectivity index (χ3v) is 3.60. The molecule has 0 saturated carbocycles. The molecule has 5 heteroatoms. The third kappa shape index (κ3) is 1.25. The van der Waals surface area contributed by atoms with Crippen LogP contribution < -0.4 is 16.0 Å². The molecule has 0 spiro atoms. The van der Waals surface area contributed by atoms with E-state index in [1.807, 2.05) is 6.08 Å². The Bertz CT molecular complexity index is 636. The molecule has 1 aromatic heterocycles. The van der Waals surface area contributed by atoms with Gasteiger partial charge in [-0.3, -0.25) is 13.9 Å². The quantitative estimate of drug-likeness (QED) is 0.661. The van der Waals surface area contributed by atoms with Crippen molar-refractivity contribution in [1.82, 2.24) is 9.13 Å². The SMILES string of the molecule is Cn1c2c(c(=O)n(C)c1=O)OC1=CCCCC12. The summed E-state index contributed by atoms with van der Waals surface area (Å²) in [5.74, 6) is 1.25. The second-order valence-electron chi connectivity index (χ2n) is 4.61. The van der Waals surface area contributed by atoms with Gasteiger partial charge in [-0.25, -0.2) is 4.79 Å². The second-order valence-corrected chi connectivity index (χ2v) is 4.61. The fourth-order valence-electron chi connectivity index (χ4n) is 2.67. The Balaban J connectivity index is 2.35. The minimum atomic E-state index is -0.335. The number of fused-ring (bicyclic) bond motifs is 3. The summed E-state index contributed by atoms with van der Waals surface area (Å²) >= 11 is 0. The van der Waals surface area contributed by atoms with Gasteiger partial charge in [-0.2, -0.15) is 0 Å². The highest BCUT2D eigenvalue weighted by Gasteiger charge is 2.36. The van der Waals surface area contributed by atoms with Crippen LogP contribution in [-0.2, 0) is 14.1 Å². The van der Waals surface area contributed by atoms with Crippen LogP contribution in [0.15, 0.2) is 21.4 Å². The predicted molar refractivity (Wildman–Crippen MR) is 62.2 cm³/mol. The Kier molecular flexibility index (Phi) is 2.05. The first-order chi connectivity index (χ1) is 8.11. The highest BCUT2D eigenvalue weighted by Crippen LogP contribution is 2.42. The monoisotopic (exact) mass is 234 g/mol. The van der Waals surface area contributed by atoms with Crippen LogP contribution in [-0.4, -0.2) is 9.13 Å². The summed E-state index contributed by atoms with van der Waals surface area (Å²) in [6.07, 6.45) is 5.02. The number of nitrogens with zero attached hydrogens (tertiary/aromatic N) is 2. The third-order valence-electron chi connectivity index (χ3n) is 3.60. The van der Waals surface area contributed by atoms with E-state index in [-0.39, 0.29) is 17.2 Å². The van der Waals surface area contributed by atoms with Crippen molar-refractivity contribution in [2.24, 2.45) is 14.1 Å². The Morgan fingerprint density at radius 2 is 2.06 bits per heavy atom. The van der Waals surface area contributed by atoms with Crippen LogP contribution in [0.1, 0.15) is 30.9 Å². The Labute approximate surface area is 97.9 Å². The molecule has 3 rings (SSSR count). The largest absolute Gasteiger partial charge is 0.454 e. The van der Waals surface area contributed by atoms with Gasteiger partial charge in [-0.1, -0.05) is 0 Å². The molecule has 0 amide bonds. The number of ether oxygens (including phenoxy) is 1. The van der Waals surface area contributed by atoms with Gasteiger partial charge in [0.25, 0.3) is 5.56 Å². The fourth-order valence-corrected chi connectivity index (χ4v) is 2.67. The lowest BCUT2D eigenvalue weighted by Crippen LogP contribution is -2.38. The van der Waals surface area contributed by atoms with Crippen molar-refractivity contribution < 1.29 is 4.74 Å². The molecular formula is C12H14N2O3. The van der Waals surface area contributed by atoms with E-state index in [1.54, 1.807) is 7.05 Å². The molecule has 5 nitrogen and oxygen atoms in total. The molecule has 1 aliphatic heterocycles. The molecule has 1 aromatic rings. The molecule has 0 radical (unpaired) electrons. The van der Waals surface area contributed by atoms with Gasteiger partial charge in [-0.15, -0.1) is 0 Å². The maximum Gasteiger partial charge on any atom is 0.330 e. The van der Waals surface area contributed by atoms with Gasteiger partial charge < -0.3 is 4.74 Å². The Morgan fingerprint density at radius 3 is 2.82 bits per heavy atom. The molecule has 0 N–H and O–H groups in total. The summed E-state index contributed by atoms with van der Waals surface area (Å²) in [6, 6.07) is 0. The number of rotatable bonds is 0. The van der Waals surface area contributed by atoms with Crippen molar-refractivity contribution >= 4 is 0 Å². The first-order valence-corrected chi connectivity index (χ1v) is 5.79. The van der Waals surface area contributed by atoms with Gasteiger partial charge in [0, 0.05) is 14.1 Å². The Hall–Kier alpha value is -1.78. The molecule has 2 heterocycles. The maximum absolute atomic E-state index is 12.0. The van der Waals surface area contributed by atoms with Gasteiger partial charge in [0.05, 0.1) is 11.6 Å². The molecule has 0 saturated heterocycles. The summed E-state index contributed by atoms with van der Waals surface area (Å²) in [6.45, 7) is 0. The molecule has 2 aliphatic rings. The summed E-state index contributed by atoms with van der Waals surface area (Å²) in [7, 11) is 3.17. The van der Waals surface area contributed by atoms with Gasteiger partial charge in [0.2, 0.25) is 5.75 Å². The van der Waals surface area contributed by atoms with Crippen LogP contribution in [0.2, 0.25) is 0 Å². The zero-order valence-electron chi connectivity index (χ0n) is 9.90. The topological polar surface area (TPSA) is 53.2 Å². The number of hydrogen-bond donors (Lipinski definition) is 0. The van der Waals surface area contributed by atoms with Gasteiger partial charge in [0.15, 0.2) is 0 Å². The highest BCUT2D eigenvalue weighted by atomic mass is 16.5. The van der Waals surface area contributed by atoms with E-state index in [0.29, 0.717) is 5.75 Å². The second kappa shape index (κ2) is 3.35. The summed E-state index contributed by atoms with van der Waals surface area (Å²) in [4.78, 5) is 23.8. The van der Waals surface area contributed by atoms with Crippen molar-refractivity contribution in [3.05, 3.63) is 38.4 Å². The van der Waals surface area contributed by atoms with E-state index in [1.165, 1.54) is 11.6 Å². The normalized spacial score (nSPS) is 21.5. The van der Waals surface area contributed by atoms with Crippen molar-refractivity contribution in [2.75, 3.05) is 0 Å². The summed E-state index contributed by atoms with van der Waals surface area (Å²) in [5.41, 5.74) is 0.117. The minimum absolute atomic E-state index is 0.0883. The van der Waals surface area contributed by atoms with Crippen LogP contribution in [0.4, 0.5) is 0 Å². The lowest BCUT2D eigenvalue weighted by atomic mass is 9.92. The first-order valence-electron chi connectivity index (χ1n) is 5.79. The van der Waals surface area contributed by atoms with E-state index in [2.05, 4.69) is 0 Å². The summed E-state index contributed by atoms with van der Waals surface area (Å²) in [5, 5.41) is 0. The van der Waals surface area contributed by atoms with Crippen molar-refractivity contribution in [2.45, 2.75) is 25.2 Å². The van der Waals surface area contributed by atoms with Crippen molar-refractivity contribution in [1.29, 1.82) is 0 Å². The van der Waals surface area contributed by atoms with Crippen LogP contribution in [0.25, 0.3) is 0 Å². The molecule has 1 unspecified atom stereocenters.